The molecule has 0 aliphatic carbocycles. The van der Waals surface area contributed by atoms with Crippen LogP contribution in [0.1, 0.15) is 20.3 Å². The lowest BCUT2D eigenvalue weighted by atomic mass is 10.3. The molecule has 2 atom stereocenters. The van der Waals surface area contributed by atoms with Crippen LogP contribution in [0.15, 0.2) is 40.2 Å². The maximum absolute atomic E-state index is 11.2. The van der Waals surface area contributed by atoms with Crippen molar-refractivity contribution in [3.05, 3.63) is 30.3 Å². The Kier molecular flexibility index (Phi) is 11.7. The van der Waals surface area contributed by atoms with E-state index < -0.39 is 9.84 Å². The summed E-state index contributed by atoms with van der Waals surface area (Å²) in [4.78, 5) is 5.43. The zero-order valence-corrected chi connectivity index (χ0v) is 18.6. The molecule has 0 aliphatic rings. The fraction of sp³-hybridized carbons (Fsp3) is 0.562. The number of guanidine groups is 1. The van der Waals surface area contributed by atoms with E-state index >= 15 is 0 Å². The summed E-state index contributed by atoms with van der Waals surface area (Å²) < 4.78 is 22.4. The molecule has 8 heteroatoms. The minimum Gasteiger partial charge on any atom is -0.355 e. The average Bonchev–Trinajstić information content (AvgIpc) is 2.49. The van der Waals surface area contributed by atoms with Crippen LogP contribution >= 0.6 is 35.7 Å². The topological polar surface area (TPSA) is 70.6 Å². The molecular formula is C16H28IN3O2S2. The maximum atomic E-state index is 11.2. The van der Waals surface area contributed by atoms with E-state index in [1.54, 1.807) is 18.8 Å². The van der Waals surface area contributed by atoms with Gasteiger partial charge in [0, 0.05) is 36.0 Å². The predicted octanol–water partition coefficient (Wildman–Crippen LogP) is 2.77. The third kappa shape index (κ3) is 11.1. The van der Waals surface area contributed by atoms with Crippen molar-refractivity contribution < 1.29 is 8.42 Å². The zero-order chi connectivity index (χ0) is 17.3. The number of thioether (sulfide) groups is 1. The summed E-state index contributed by atoms with van der Waals surface area (Å²) in [6, 6.07) is 10.3. The Balaban J connectivity index is 0.00000529. The van der Waals surface area contributed by atoms with Crippen LogP contribution in [0.5, 0.6) is 0 Å². The number of rotatable bonds is 8. The van der Waals surface area contributed by atoms with Crippen molar-refractivity contribution in [1.82, 2.24) is 10.6 Å². The Hall–Kier alpha value is -0.480. The van der Waals surface area contributed by atoms with Crippen molar-refractivity contribution in [2.45, 2.75) is 36.5 Å². The van der Waals surface area contributed by atoms with Crippen LogP contribution in [0.25, 0.3) is 0 Å². The summed E-state index contributed by atoms with van der Waals surface area (Å²) in [5.74, 6) is 0.879. The van der Waals surface area contributed by atoms with E-state index in [9.17, 15) is 8.42 Å². The zero-order valence-electron chi connectivity index (χ0n) is 14.7. The predicted molar refractivity (Wildman–Crippen MR) is 115 cm³/mol. The quantitative estimate of drug-likeness (QED) is 0.257. The lowest BCUT2D eigenvalue weighted by Crippen LogP contribution is -2.44. The molecule has 0 aliphatic heterocycles. The van der Waals surface area contributed by atoms with E-state index in [1.165, 1.54) is 11.2 Å². The molecule has 0 amide bonds. The number of hydrogen-bond donors (Lipinski definition) is 2. The Morgan fingerprint density at radius 1 is 1.25 bits per heavy atom. The fourth-order valence-corrected chi connectivity index (χ4v) is 3.63. The van der Waals surface area contributed by atoms with Gasteiger partial charge in [-0.1, -0.05) is 25.1 Å². The van der Waals surface area contributed by atoms with Crippen molar-refractivity contribution in [3.8, 4) is 0 Å². The highest BCUT2D eigenvalue weighted by Crippen LogP contribution is 2.21. The first-order chi connectivity index (χ1) is 10.8. The Bertz CT molecular complexity index is 595. The molecular weight excluding hydrogens is 457 g/mol. The van der Waals surface area contributed by atoms with Gasteiger partial charge in [-0.05, 0) is 25.5 Å². The van der Waals surface area contributed by atoms with Crippen LogP contribution in [0, 0.1) is 0 Å². The summed E-state index contributed by atoms with van der Waals surface area (Å²) in [6.45, 7) is 4.89. The largest absolute Gasteiger partial charge is 0.355 e. The van der Waals surface area contributed by atoms with Crippen molar-refractivity contribution in [2.24, 2.45) is 4.99 Å². The van der Waals surface area contributed by atoms with Gasteiger partial charge in [0.2, 0.25) is 0 Å². The monoisotopic (exact) mass is 485 g/mol. The number of sulfone groups is 1. The standard InChI is InChI=1S/C16H27N3O2S2.HI/c1-13(10-11-23(4,20)21)19-16(17-3)18-12-14(2)22-15-8-6-5-7-9-15;/h5-9,13-14H,10-12H2,1-4H3,(H2,17,18,19);1H. The number of nitrogens with one attached hydrogen (secondary N) is 2. The highest BCUT2D eigenvalue weighted by Gasteiger charge is 2.10. The number of hydrogen-bond acceptors (Lipinski definition) is 4. The van der Waals surface area contributed by atoms with Crippen LogP contribution < -0.4 is 10.6 Å². The second-order valence-electron chi connectivity index (χ2n) is 5.66. The second-order valence-corrected chi connectivity index (χ2v) is 9.43. The van der Waals surface area contributed by atoms with E-state index in [1.807, 2.05) is 25.1 Å². The van der Waals surface area contributed by atoms with Crippen LogP contribution in [-0.2, 0) is 9.84 Å². The maximum Gasteiger partial charge on any atom is 0.191 e. The summed E-state index contributed by atoms with van der Waals surface area (Å²) in [7, 11) is -1.21. The SMILES string of the molecule is CN=C(NCC(C)Sc1ccccc1)NC(C)CCS(C)(=O)=O.I. The van der Waals surface area contributed by atoms with Crippen LogP contribution in [0.2, 0.25) is 0 Å². The van der Waals surface area contributed by atoms with Gasteiger partial charge in [-0.15, -0.1) is 35.7 Å². The molecule has 0 spiro atoms. The summed E-state index contributed by atoms with van der Waals surface area (Å²) in [6.07, 6.45) is 1.82. The van der Waals surface area contributed by atoms with Gasteiger partial charge in [0.25, 0.3) is 0 Å². The van der Waals surface area contributed by atoms with Crippen molar-refractivity contribution in [2.75, 3.05) is 25.6 Å². The van der Waals surface area contributed by atoms with Gasteiger partial charge in [-0.3, -0.25) is 4.99 Å². The van der Waals surface area contributed by atoms with Crippen molar-refractivity contribution in [3.63, 3.8) is 0 Å². The Morgan fingerprint density at radius 3 is 2.42 bits per heavy atom. The number of aliphatic imine (C=N–C) groups is 1. The molecule has 1 aromatic rings. The van der Waals surface area contributed by atoms with E-state index in [0.717, 1.165) is 6.54 Å². The minimum atomic E-state index is -2.93. The van der Waals surface area contributed by atoms with E-state index in [2.05, 4.69) is 34.7 Å². The number of nitrogens with zero attached hydrogens (tertiary/aromatic N) is 1. The number of benzene rings is 1. The number of halogens is 1. The first-order valence-corrected chi connectivity index (χ1v) is 10.6. The average molecular weight is 485 g/mol. The molecule has 0 aromatic heterocycles. The first kappa shape index (κ1) is 23.5. The smallest absolute Gasteiger partial charge is 0.191 e. The van der Waals surface area contributed by atoms with Gasteiger partial charge in [-0.25, -0.2) is 8.42 Å². The lowest BCUT2D eigenvalue weighted by molar-refractivity contribution is 0.581. The molecule has 0 radical (unpaired) electrons. The van der Waals surface area contributed by atoms with Crippen LogP contribution in [0.4, 0.5) is 0 Å². The first-order valence-electron chi connectivity index (χ1n) is 7.67. The van der Waals surface area contributed by atoms with Crippen LogP contribution in [0.3, 0.4) is 0 Å². The molecule has 5 nitrogen and oxygen atoms in total. The molecule has 0 bridgehead atoms. The van der Waals surface area contributed by atoms with Gasteiger partial charge in [0.15, 0.2) is 5.96 Å². The van der Waals surface area contributed by atoms with Crippen LogP contribution in [-0.4, -0.2) is 51.3 Å². The normalized spacial score (nSPS) is 14.4. The van der Waals surface area contributed by atoms with Gasteiger partial charge in [0.1, 0.15) is 9.84 Å². The molecule has 0 saturated heterocycles. The van der Waals surface area contributed by atoms with Gasteiger partial charge in [-0.2, -0.15) is 0 Å². The molecule has 0 fully saturated rings. The van der Waals surface area contributed by atoms with E-state index in [4.69, 9.17) is 0 Å². The third-order valence-corrected chi connectivity index (χ3v) is 5.26. The van der Waals surface area contributed by atoms with E-state index in [0.29, 0.717) is 17.6 Å². The van der Waals surface area contributed by atoms with Crippen molar-refractivity contribution in [1.29, 1.82) is 0 Å². The minimum absolute atomic E-state index is 0. The molecule has 1 aromatic carbocycles. The summed E-state index contributed by atoms with van der Waals surface area (Å²) >= 11 is 1.80. The van der Waals surface area contributed by atoms with Gasteiger partial charge in [0.05, 0.1) is 5.75 Å². The Morgan fingerprint density at radius 2 is 1.88 bits per heavy atom. The molecule has 1 rings (SSSR count). The fourth-order valence-electron chi connectivity index (χ4n) is 1.90. The summed E-state index contributed by atoms with van der Waals surface area (Å²) in [5.41, 5.74) is 0. The molecule has 0 heterocycles. The molecule has 138 valence electrons. The molecule has 0 saturated carbocycles. The Labute approximate surface area is 167 Å². The van der Waals surface area contributed by atoms with Gasteiger partial charge < -0.3 is 10.6 Å². The van der Waals surface area contributed by atoms with Crippen molar-refractivity contribution >= 4 is 51.5 Å². The highest BCUT2D eigenvalue weighted by molar-refractivity contribution is 14.0. The molecule has 2 N–H and O–H groups in total. The molecule has 2 unspecified atom stereocenters. The third-order valence-electron chi connectivity index (χ3n) is 3.17. The molecule has 24 heavy (non-hydrogen) atoms. The lowest BCUT2D eigenvalue weighted by Gasteiger charge is -2.19. The highest BCUT2D eigenvalue weighted by atomic mass is 127. The van der Waals surface area contributed by atoms with E-state index in [-0.39, 0.29) is 35.8 Å². The second kappa shape index (κ2) is 12.0. The summed E-state index contributed by atoms with van der Waals surface area (Å²) in [5, 5.41) is 6.90. The van der Waals surface area contributed by atoms with Gasteiger partial charge >= 0.3 is 0 Å².